The van der Waals surface area contributed by atoms with E-state index in [4.69, 9.17) is 0 Å². The van der Waals surface area contributed by atoms with Crippen LogP contribution in [0.25, 0.3) is 0 Å². The van der Waals surface area contributed by atoms with Crippen LogP contribution in [-0.4, -0.2) is 33.6 Å². The Morgan fingerprint density at radius 3 is 2.60 bits per heavy atom. The van der Waals surface area contributed by atoms with Gasteiger partial charge in [-0.05, 0) is 41.6 Å². The Kier molecular flexibility index (Phi) is 3.80. The summed E-state index contributed by atoms with van der Waals surface area (Å²) in [4.78, 5) is 12.2. The molecule has 8 heteroatoms. The van der Waals surface area contributed by atoms with Crippen LogP contribution in [0.15, 0.2) is 29.4 Å². The van der Waals surface area contributed by atoms with Gasteiger partial charge >= 0.3 is 6.18 Å². The van der Waals surface area contributed by atoms with E-state index in [-0.39, 0.29) is 16.3 Å². The Morgan fingerprint density at radius 2 is 2.05 bits per heavy atom. The normalized spacial score (nSPS) is 22.9. The standard InChI is InChI=1S/C12H10F3IN2O2/c1-7-6-11(20,12(13,14)15)18(17-7)10(19)8-4-2-3-5-9(8)16/h2-5,20H,6H2,1H3/t11-/m1/s1. The molecule has 0 saturated carbocycles. The molecule has 1 heterocycles. The fourth-order valence-corrected chi connectivity index (χ4v) is 2.52. The van der Waals surface area contributed by atoms with Crippen LogP contribution in [0.5, 0.6) is 0 Å². The van der Waals surface area contributed by atoms with Crippen LogP contribution < -0.4 is 0 Å². The molecule has 0 saturated heterocycles. The second kappa shape index (κ2) is 4.99. The predicted molar refractivity (Wildman–Crippen MR) is 74.1 cm³/mol. The second-order valence-corrected chi connectivity index (χ2v) is 5.59. The van der Waals surface area contributed by atoms with Gasteiger partial charge < -0.3 is 5.11 Å². The van der Waals surface area contributed by atoms with E-state index < -0.39 is 24.2 Å². The summed E-state index contributed by atoms with van der Waals surface area (Å²) in [6.45, 7) is 1.33. The summed E-state index contributed by atoms with van der Waals surface area (Å²) in [7, 11) is 0. The lowest BCUT2D eigenvalue weighted by Crippen LogP contribution is -2.56. The van der Waals surface area contributed by atoms with Gasteiger partial charge in [0.05, 0.1) is 5.56 Å². The summed E-state index contributed by atoms with van der Waals surface area (Å²) >= 11 is 1.84. The van der Waals surface area contributed by atoms with Crippen LogP contribution in [-0.2, 0) is 0 Å². The Hall–Kier alpha value is -1.16. The summed E-state index contributed by atoms with van der Waals surface area (Å²) in [5.41, 5.74) is -3.18. The monoisotopic (exact) mass is 398 g/mol. The Bertz CT molecular complexity index is 588. The van der Waals surface area contributed by atoms with Crippen molar-refractivity contribution >= 4 is 34.2 Å². The number of nitrogens with zero attached hydrogens (tertiary/aromatic N) is 2. The number of rotatable bonds is 1. The third kappa shape index (κ3) is 2.41. The van der Waals surface area contributed by atoms with Crippen LogP contribution >= 0.6 is 22.6 Å². The van der Waals surface area contributed by atoms with Gasteiger partial charge in [0.25, 0.3) is 11.6 Å². The average Bonchev–Trinajstić information content (AvgIpc) is 2.65. The van der Waals surface area contributed by atoms with Crippen molar-refractivity contribution in [2.24, 2.45) is 5.10 Å². The molecule has 1 aliphatic heterocycles. The first-order chi connectivity index (χ1) is 9.17. The van der Waals surface area contributed by atoms with Crippen LogP contribution in [0.2, 0.25) is 0 Å². The maximum atomic E-state index is 13.0. The van der Waals surface area contributed by atoms with E-state index in [1.165, 1.54) is 19.1 Å². The molecule has 0 radical (unpaired) electrons. The van der Waals surface area contributed by atoms with E-state index in [0.717, 1.165) is 0 Å². The first-order valence-electron chi connectivity index (χ1n) is 5.59. The summed E-state index contributed by atoms with van der Waals surface area (Å²) in [5, 5.41) is 13.5. The first-order valence-corrected chi connectivity index (χ1v) is 6.67. The summed E-state index contributed by atoms with van der Waals surface area (Å²) in [6, 6.07) is 6.18. The predicted octanol–water partition coefficient (Wildman–Crippen LogP) is 2.76. The fraction of sp³-hybridized carbons (Fsp3) is 0.333. The zero-order valence-corrected chi connectivity index (χ0v) is 12.4. The van der Waals surface area contributed by atoms with Crippen molar-refractivity contribution < 1.29 is 23.1 Å². The molecule has 0 fully saturated rings. The number of halogens is 4. The molecular weight excluding hydrogens is 388 g/mol. The zero-order chi connectivity index (χ0) is 15.1. The molecule has 20 heavy (non-hydrogen) atoms. The Labute approximate surface area is 126 Å². The number of hydrogen-bond donors (Lipinski definition) is 1. The van der Waals surface area contributed by atoms with Crippen molar-refractivity contribution in [3.8, 4) is 0 Å². The van der Waals surface area contributed by atoms with E-state index in [2.05, 4.69) is 5.10 Å². The smallest absolute Gasteiger partial charge is 0.362 e. The number of alkyl halides is 3. The van der Waals surface area contributed by atoms with Crippen LogP contribution in [0.3, 0.4) is 0 Å². The van der Waals surface area contributed by atoms with Crippen LogP contribution in [0.1, 0.15) is 23.7 Å². The van der Waals surface area contributed by atoms with E-state index in [1.807, 2.05) is 22.6 Å². The number of carbonyl (C=O) groups is 1. The largest absolute Gasteiger partial charge is 0.438 e. The van der Waals surface area contributed by atoms with Crippen molar-refractivity contribution in [1.82, 2.24) is 5.01 Å². The maximum absolute atomic E-state index is 13.0. The molecule has 1 atom stereocenters. The highest BCUT2D eigenvalue weighted by molar-refractivity contribution is 14.1. The van der Waals surface area contributed by atoms with Crippen LogP contribution in [0, 0.1) is 3.57 Å². The lowest BCUT2D eigenvalue weighted by atomic mass is 10.1. The Morgan fingerprint density at radius 1 is 1.45 bits per heavy atom. The molecule has 4 nitrogen and oxygen atoms in total. The molecule has 1 aromatic rings. The molecule has 108 valence electrons. The number of carbonyl (C=O) groups excluding carboxylic acids is 1. The number of amides is 1. The average molecular weight is 398 g/mol. The van der Waals surface area contributed by atoms with Gasteiger partial charge in [-0.3, -0.25) is 4.79 Å². The van der Waals surface area contributed by atoms with Gasteiger partial charge in [0.15, 0.2) is 0 Å². The summed E-state index contributed by atoms with van der Waals surface area (Å²) in [6.07, 6.45) is -5.73. The highest BCUT2D eigenvalue weighted by atomic mass is 127. The third-order valence-corrected chi connectivity index (χ3v) is 3.81. The minimum absolute atomic E-state index is 0.0455. The molecule has 0 bridgehead atoms. The van der Waals surface area contributed by atoms with Crippen molar-refractivity contribution in [3.63, 3.8) is 0 Å². The zero-order valence-electron chi connectivity index (χ0n) is 10.3. The SMILES string of the molecule is CC1=NN(C(=O)c2ccccc2I)[C@](O)(C(F)(F)F)C1. The molecule has 0 unspecified atom stereocenters. The molecule has 1 aromatic carbocycles. The molecular formula is C12H10F3IN2O2. The van der Waals surface area contributed by atoms with Gasteiger partial charge in [-0.2, -0.15) is 23.3 Å². The quantitative estimate of drug-likeness (QED) is 0.740. The minimum atomic E-state index is -4.98. The topological polar surface area (TPSA) is 52.9 Å². The number of aliphatic hydroxyl groups is 1. The van der Waals surface area contributed by atoms with Gasteiger partial charge in [-0.15, -0.1) is 0 Å². The van der Waals surface area contributed by atoms with Crippen molar-refractivity contribution in [1.29, 1.82) is 0 Å². The van der Waals surface area contributed by atoms with Gasteiger partial charge in [-0.25, -0.2) is 0 Å². The third-order valence-electron chi connectivity index (χ3n) is 2.87. The molecule has 1 aliphatic rings. The first kappa shape index (κ1) is 15.2. The second-order valence-electron chi connectivity index (χ2n) is 4.42. The molecule has 1 N–H and O–H groups in total. The molecule has 0 aliphatic carbocycles. The maximum Gasteiger partial charge on any atom is 0.438 e. The Balaban J connectivity index is 2.45. The van der Waals surface area contributed by atoms with Gasteiger partial charge in [0.1, 0.15) is 0 Å². The molecule has 0 aromatic heterocycles. The van der Waals surface area contributed by atoms with Gasteiger partial charge in [0, 0.05) is 15.7 Å². The lowest BCUT2D eigenvalue weighted by Gasteiger charge is -2.32. The van der Waals surface area contributed by atoms with E-state index >= 15 is 0 Å². The van der Waals surface area contributed by atoms with Gasteiger partial charge in [-0.1, -0.05) is 12.1 Å². The van der Waals surface area contributed by atoms with E-state index in [0.29, 0.717) is 3.57 Å². The molecule has 2 rings (SSSR count). The van der Waals surface area contributed by atoms with E-state index in [9.17, 15) is 23.1 Å². The summed E-state index contributed by atoms with van der Waals surface area (Å²) < 4.78 is 39.6. The number of hydrazone groups is 1. The van der Waals surface area contributed by atoms with Crippen molar-refractivity contribution in [2.75, 3.05) is 0 Å². The molecule has 1 amide bonds. The van der Waals surface area contributed by atoms with Gasteiger partial charge in [0.2, 0.25) is 0 Å². The highest BCUT2D eigenvalue weighted by Gasteiger charge is 2.62. The fourth-order valence-electron chi connectivity index (χ4n) is 1.90. The number of hydrogen-bond acceptors (Lipinski definition) is 3. The van der Waals surface area contributed by atoms with Crippen LogP contribution in [0.4, 0.5) is 13.2 Å². The van der Waals surface area contributed by atoms with E-state index in [1.54, 1.807) is 12.1 Å². The number of benzene rings is 1. The minimum Gasteiger partial charge on any atom is -0.362 e. The highest BCUT2D eigenvalue weighted by Crippen LogP contribution is 2.41. The lowest BCUT2D eigenvalue weighted by molar-refractivity contribution is -0.297. The molecule has 0 spiro atoms. The van der Waals surface area contributed by atoms with Crippen molar-refractivity contribution in [3.05, 3.63) is 33.4 Å². The summed E-state index contributed by atoms with van der Waals surface area (Å²) in [5.74, 6) is -0.980. The van der Waals surface area contributed by atoms with Crippen molar-refractivity contribution in [2.45, 2.75) is 25.2 Å².